The van der Waals surface area contributed by atoms with Crippen molar-refractivity contribution >= 4 is 5.69 Å². The Bertz CT molecular complexity index is 394. The van der Waals surface area contributed by atoms with Crippen LogP contribution in [0.5, 0.6) is 11.5 Å². The molecular formula is C12H15NO3. The van der Waals surface area contributed by atoms with E-state index in [1.807, 2.05) is 18.2 Å². The Hall–Kier alpha value is -1.42. The molecule has 2 heterocycles. The van der Waals surface area contributed by atoms with Crippen molar-refractivity contribution in [3.05, 3.63) is 18.2 Å². The topological polar surface area (TPSA) is 41.9 Å². The van der Waals surface area contributed by atoms with Crippen LogP contribution >= 0.6 is 0 Å². The highest BCUT2D eigenvalue weighted by molar-refractivity contribution is 5.65. The van der Waals surface area contributed by atoms with Gasteiger partial charge in [0.1, 0.15) is 13.2 Å². The van der Waals surface area contributed by atoms with Gasteiger partial charge >= 0.3 is 0 Å². The van der Waals surface area contributed by atoms with Crippen molar-refractivity contribution in [3.63, 3.8) is 0 Å². The number of fused-ring (bicyclic) bond motifs is 1. The molecule has 1 atom stereocenters. The predicted molar refractivity (Wildman–Crippen MR) is 60.3 cm³/mol. The van der Waals surface area contributed by atoms with Gasteiger partial charge in [-0.25, -0.2) is 0 Å². The number of aliphatic hydroxyl groups excluding tert-OH is 1. The third-order valence-corrected chi connectivity index (χ3v) is 3.05. The number of hydrogen-bond donors (Lipinski definition) is 1. The molecule has 86 valence electrons. The van der Waals surface area contributed by atoms with Crippen molar-refractivity contribution in [3.8, 4) is 11.5 Å². The van der Waals surface area contributed by atoms with E-state index >= 15 is 0 Å². The van der Waals surface area contributed by atoms with Gasteiger partial charge in [-0.15, -0.1) is 0 Å². The van der Waals surface area contributed by atoms with Crippen LogP contribution in [0.3, 0.4) is 0 Å². The molecule has 1 aromatic rings. The maximum Gasteiger partial charge on any atom is 0.184 e. The number of rotatable bonds is 1. The summed E-state index contributed by atoms with van der Waals surface area (Å²) in [5, 5.41) is 9.55. The van der Waals surface area contributed by atoms with Gasteiger partial charge in [-0.3, -0.25) is 0 Å². The zero-order chi connectivity index (χ0) is 11.0. The molecule has 0 amide bonds. The molecule has 2 aliphatic heterocycles. The summed E-state index contributed by atoms with van der Waals surface area (Å²) in [6.45, 7) is 2.76. The molecule has 1 unspecified atom stereocenters. The normalized spacial score (nSPS) is 23.6. The summed E-state index contributed by atoms with van der Waals surface area (Å²) in [5.74, 6) is 1.63. The maximum atomic E-state index is 9.55. The molecule has 0 spiro atoms. The molecule has 1 N–H and O–H groups in total. The fraction of sp³-hybridized carbons (Fsp3) is 0.500. The van der Waals surface area contributed by atoms with Crippen molar-refractivity contribution in [2.75, 3.05) is 31.2 Å². The highest BCUT2D eigenvalue weighted by Crippen LogP contribution is 2.40. The molecule has 0 radical (unpaired) electrons. The average molecular weight is 221 g/mol. The zero-order valence-electron chi connectivity index (χ0n) is 9.06. The van der Waals surface area contributed by atoms with Gasteiger partial charge in [0.2, 0.25) is 0 Å². The fourth-order valence-corrected chi connectivity index (χ4v) is 2.27. The summed E-state index contributed by atoms with van der Waals surface area (Å²) in [7, 11) is 0. The van der Waals surface area contributed by atoms with Gasteiger partial charge in [0.05, 0.1) is 11.8 Å². The van der Waals surface area contributed by atoms with Crippen LogP contribution in [0, 0.1) is 0 Å². The molecule has 4 heteroatoms. The first-order valence-corrected chi connectivity index (χ1v) is 5.66. The van der Waals surface area contributed by atoms with Crippen LogP contribution in [-0.4, -0.2) is 37.5 Å². The van der Waals surface area contributed by atoms with Crippen molar-refractivity contribution in [1.82, 2.24) is 0 Å². The van der Waals surface area contributed by atoms with Gasteiger partial charge in [-0.2, -0.15) is 0 Å². The lowest BCUT2D eigenvalue weighted by Crippen LogP contribution is -2.24. The molecule has 1 fully saturated rings. The van der Waals surface area contributed by atoms with Crippen LogP contribution in [0.2, 0.25) is 0 Å². The Kier molecular flexibility index (Phi) is 2.36. The lowest BCUT2D eigenvalue weighted by Gasteiger charge is -2.26. The molecule has 2 aliphatic rings. The lowest BCUT2D eigenvalue weighted by atomic mass is 10.2. The number of aliphatic hydroxyl groups is 1. The minimum absolute atomic E-state index is 0.222. The molecule has 16 heavy (non-hydrogen) atoms. The standard InChI is InChI=1S/C12H15NO3/c14-9-4-5-13(8-9)10-2-1-3-11-12(10)16-7-6-15-11/h1-3,9,14H,4-8H2. The van der Waals surface area contributed by atoms with Crippen molar-refractivity contribution in [1.29, 1.82) is 0 Å². The zero-order valence-corrected chi connectivity index (χ0v) is 9.06. The number of para-hydroxylation sites is 1. The summed E-state index contributed by atoms with van der Waals surface area (Å²) in [6, 6.07) is 5.91. The second-order valence-corrected chi connectivity index (χ2v) is 4.19. The molecule has 3 rings (SSSR count). The monoisotopic (exact) mass is 221 g/mol. The fourth-order valence-electron chi connectivity index (χ4n) is 2.27. The molecule has 0 bridgehead atoms. The Morgan fingerprint density at radius 2 is 2.12 bits per heavy atom. The molecule has 0 saturated carbocycles. The smallest absolute Gasteiger partial charge is 0.184 e. The minimum Gasteiger partial charge on any atom is -0.486 e. The third kappa shape index (κ3) is 1.59. The number of anilines is 1. The SMILES string of the molecule is OC1CCN(c2cccc3c2OCCO3)C1. The van der Waals surface area contributed by atoms with E-state index in [1.54, 1.807) is 0 Å². The van der Waals surface area contributed by atoms with Crippen molar-refractivity contribution < 1.29 is 14.6 Å². The third-order valence-electron chi connectivity index (χ3n) is 3.05. The maximum absolute atomic E-state index is 9.55. The first-order chi connectivity index (χ1) is 7.84. The minimum atomic E-state index is -0.222. The van der Waals surface area contributed by atoms with E-state index in [2.05, 4.69) is 4.90 Å². The number of benzene rings is 1. The highest BCUT2D eigenvalue weighted by atomic mass is 16.6. The van der Waals surface area contributed by atoms with Crippen LogP contribution in [0.4, 0.5) is 5.69 Å². The summed E-state index contributed by atoms with van der Waals surface area (Å²) in [6.07, 6.45) is 0.602. The average Bonchev–Trinajstić information content (AvgIpc) is 2.75. The Labute approximate surface area is 94.4 Å². The highest BCUT2D eigenvalue weighted by Gasteiger charge is 2.25. The van der Waals surface area contributed by atoms with E-state index in [0.717, 1.165) is 30.2 Å². The van der Waals surface area contributed by atoms with Gasteiger partial charge in [0.15, 0.2) is 11.5 Å². The summed E-state index contributed by atoms with van der Waals surface area (Å²) >= 11 is 0. The molecule has 0 aromatic heterocycles. The number of ether oxygens (including phenoxy) is 2. The van der Waals surface area contributed by atoms with E-state index in [-0.39, 0.29) is 6.10 Å². The molecular weight excluding hydrogens is 206 g/mol. The quantitative estimate of drug-likeness (QED) is 0.769. The van der Waals surface area contributed by atoms with E-state index in [4.69, 9.17) is 9.47 Å². The van der Waals surface area contributed by atoms with E-state index in [0.29, 0.717) is 19.8 Å². The molecule has 1 aromatic carbocycles. The van der Waals surface area contributed by atoms with Crippen LogP contribution in [0.1, 0.15) is 6.42 Å². The van der Waals surface area contributed by atoms with Gasteiger partial charge in [-0.1, -0.05) is 6.07 Å². The van der Waals surface area contributed by atoms with Gasteiger partial charge < -0.3 is 19.5 Å². The summed E-state index contributed by atoms with van der Waals surface area (Å²) in [4.78, 5) is 2.15. The summed E-state index contributed by atoms with van der Waals surface area (Å²) < 4.78 is 11.2. The number of β-amino-alcohol motifs (C(OH)–C–C–N with tert-alkyl or cyclic N) is 1. The van der Waals surface area contributed by atoms with Crippen LogP contribution in [-0.2, 0) is 0 Å². The van der Waals surface area contributed by atoms with E-state index in [9.17, 15) is 5.11 Å². The van der Waals surface area contributed by atoms with Crippen LogP contribution < -0.4 is 14.4 Å². The van der Waals surface area contributed by atoms with Gasteiger partial charge in [0.25, 0.3) is 0 Å². The van der Waals surface area contributed by atoms with Crippen LogP contribution in [0.25, 0.3) is 0 Å². The Morgan fingerprint density at radius 1 is 1.25 bits per heavy atom. The van der Waals surface area contributed by atoms with Gasteiger partial charge in [-0.05, 0) is 18.6 Å². The predicted octanol–water partition coefficient (Wildman–Crippen LogP) is 1.03. The van der Waals surface area contributed by atoms with Gasteiger partial charge in [0, 0.05) is 13.1 Å². The lowest BCUT2D eigenvalue weighted by molar-refractivity contribution is 0.172. The van der Waals surface area contributed by atoms with Crippen molar-refractivity contribution in [2.24, 2.45) is 0 Å². The number of hydrogen-bond acceptors (Lipinski definition) is 4. The molecule has 1 saturated heterocycles. The molecule has 4 nitrogen and oxygen atoms in total. The number of nitrogens with zero attached hydrogens (tertiary/aromatic N) is 1. The Balaban J connectivity index is 1.94. The van der Waals surface area contributed by atoms with E-state index in [1.165, 1.54) is 0 Å². The summed E-state index contributed by atoms with van der Waals surface area (Å²) in [5.41, 5.74) is 1.04. The first-order valence-electron chi connectivity index (χ1n) is 5.66. The first kappa shape index (κ1) is 9.78. The molecule has 0 aliphatic carbocycles. The second kappa shape index (κ2) is 3.87. The Morgan fingerprint density at radius 3 is 2.94 bits per heavy atom. The van der Waals surface area contributed by atoms with Crippen LogP contribution in [0.15, 0.2) is 18.2 Å². The van der Waals surface area contributed by atoms with Crippen molar-refractivity contribution in [2.45, 2.75) is 12.5 Å². The van der Waals surface area contributed by atoms with E-state index < -0.39 is 0 Å². The largest absolute Gasteiger partial charge is 0.486 e. The second-order valence-electron chi connectivity index (χ2n) is 4.19.